The molecular formula is C56H105NO5. The Hall–Kier alpha value is -1.92. The van der Waals surface area contributed by atoms with E-state index in [1.54, 1.807) is 6.08 Å². The zero-order valence-electron chi connectivity index (χ0n) is 41.4. The van der Waals surface area contributed by atoms with Crippen molar-refractivity contribution in [1.29, 1.82) is 0 Å². The number of ether oxygens (including phenoxy) is 1. The van der Waals surface area contributed by atoms with E-state index in [0.29, 0.717) is 19.4 Å². The van der Waals surface area contributed by atoms with Crippen LogP contribution in [-0.2, 0) is 14.3 Å². The standard InChI is InChI=1S/C56H105NO5/c1-3-5-7-9-11-13-15-17-21-25-28-32-36-40-44-48-54(59)53(52-58)57-55(60)49-45-41-37-33-29-26-22-19-18-20-23-27-31-35-39-43-47-51-62-56(61)50-46-42-38-34-30-24-16-14-12-10-8-6-4-2/h14,16,18,20,44,48,53-54,58-59H,3-13,15,17,19,21-43,45-47,49-52H2,1-2H3,(H,57,60)/b16-14-,20-18-,48-44+. The molecule has 0 aliphatic rings. The highest BCUT2D eigenvalue weighted by molar-refractivity contribution is 5.76. The number of carbonyl (C=O) groups is 2. The highest BCUT2D eigenvalue weighted by atomic mass is 16.5. The number of aliphatic hydroxyl groups excluding tert-OH is 2. The first-order chi connectivity index (χ1) is 30.5. The van der Waals surface area contributed by atoms with Crippen LogP contribution in [0, 0.1) is 0 Å². The Morgan fingerprint density at radius 1 is 0.435 bits per heavy atom. The average molecular weight is 872 g/mol. The van der Waals surface area contributed by atoms with Gasteiger partial charge in [0.25, 0.3) is 0 Å². The number of rotatable bonds is 50. The van der Waals surface area contributed by atoms with E-state index in [1.165, 1.54) is 199 Å². The van der Waals surface area contributed by atoms with Crippen molar-refractivity contribution in [2.75, 3.05) is 13.2 Å². The fourth-order valence-corrected chi connectivity index (χ4v) is 8.15. The van der Waals surface area contributed by atoms with Crippen LogP contribution < -0.4 is 5.32 Å². The average Bonchev–Trinajstić information content (AvgIpc) is 3.27. The van der Waals surface area contributed by atoms with Crippen molar-refractivity contribution in [2.45, 2.75) is 296 Å². The fraction of sp³-hybridized carbons (Fsp3) is 0.857. The highest BCUT2D eigenvalue weighted by Gasteiger charge is 2.18. The molecule has 364 valence electrons. The van der Waals surface area contributed by atoms with Gasteiger partial charge in [0.15, 0.2) is 0 Å². The third-order valence-corrected chi connectivity index (χ3v) is 12.4. The van der Waals surface area contributed by atoms with Gasteiger partial charge in [-0.2, -0.15) is 0 Å². The third kappa shape index (κ3) is 47.6. The fourth-order valence-electron chi connectivity index (χ4n) is 8.15. The Morgan fingerprint density at radius 2 is 0.758 bits per heavy atom. The summed E-state index contributed by atoms with van der Waals surface area (Å²) in [6.45, 7) is 4.86. The molecular weight excluding hydrogens is 767 g/mol. The lowest BCUT2D eigenvalue weighted by molar-refractivity contribution is -0.143. The molecule has 2 atom stereocenters. The van der Waals surface area contributed by atoms with Gasteiger partial charge in [-0.3, -0.25) is 9.59 Å². The van der Waals surface area contributed by atoms with E-state index in [0.717, 1.165) is 57.8 Å². The van der Waals surface area contributed by atoms with Gasteiger partial charge in [0.2, 0.25) is 5.91 Å². The zero-order chi connectivity index (χ0) is 45.1. The summed E-state index contributed by atoms with van der Waals surface area (Å²) in [5.74, 6) is -0.0927. The van der Waals surface area contributed by atoms with Crippen LogP contribution in [0.4, 0.5) is 0 Å². The molecule has 6 nitrogen and oxygen atoms in total. The summed E-state index contributed by atoms with van der Waals surface area (Å²) < 4.78 is 5.45. The first-order valence-electron chi connectivity index (χ1n) is 27.3. The van der Waals surface area contributed by atoms with Gasteiger partial charge in [0.05, 0.1) is 25.4 Å². The van der Waals surface area contributed by atoms with Crippen molar-refractivity contribution < 1.29 is 24.5 Å². The lowest BCUT2D eigenvalue weighted by Crippen LogP contribution is -2.45. The second-order valence-electron chi connectivity index (χ2n) is 18.5. The lowest BCUT2D eigenvalue weighted by Gasteiger charge is -2.20. The minimum Gasteiger partial charge on any atom is -0.466 e. The molecule has 0 aromatic heterocycles. The van der Waals surface area contributed by atoms with Gasteiger partial charge in [0, 0.05) is 12.8 Å². The SMILES string of the molecule is CCCCCC/C=C\CCCCCCCC(=O)OCCCCCCCC/C=C\CCCCCCCCCC(=O)NC(CO)C(O)/C=C/CCCCCCCCCCCCCCC. The van der Waals surface area contributed by atoms with Crippen LogP contribution >= 0.6 is 0 Å². The molecule has 0 bridgehead atoms. The minimum absolute atomic E-state index is 0.0125. The van der Waals surface area contributed by atoms with Crippen LogP contribution in [0.2, 0.25) is 0 Å². The van der Waals surface area contributed by atoms with Gasteiger partial charge in [0.1, 0.15) is 0 Å². The number of unbranched alkanes of at least 4 members (excludes halogenated alkanes) is 35. The van der Waals surface area contributed by atoms with Crippen molar-refractivity contribution >= 4 is 11.9 Å². The predicted octanol–water partition coefficient (Wildman–Crippen LogP) is 16.5. The number of esters is 1. The van der Waals surface area contributed by atoms with Crippen LogP contribution in [0.25, 0.3) is 0 Å². The maximum Gasteiger partial charge on any atom is 0.305 e. The van der Waals surface area contributed by atoms with Gasteiger partial charge in [-0.05, 0) is 83.5 Å². The molecule has 0 aromatic rings. The summed E-state index contributed by atoms with van der Waals surface area (Å²) in [6.07, 6.45) is 62.9. The number of carbonyl (C=O) groups excluding carboxylic acids is 2. The van der Waals surface area contributed by atoms with Gasteiger partial charge in [-0.1, -0.05) is 224 Å². The number of amides is 1. The molecule has 0 fully saturated rings. The molecule has 0 radical (unpaired) electrons. The van der Waals surface area contributed by atoms with E-state index in [9.17, 15) is 19.8 Å². The van der Waals surface area contributed by atoms with Crippen LogP contribution in [0.1, 0.15) is 284 Å². The second-order valence-corrected chi connectivity index (χ2v) is 18.5. The number of nitrogens with one attached hydrogen (secondary N) is 1. The molecule has 0 saturated carbocycles. The molecule has 1 amide bonds. The van der Waals surface area contributed by atoms with Gasteiger partial charge >= 0.3 is 5.97 Å². The summed E-state index contributed by atoms with van der Waals surface area (Å²) in [4.78, 5) is 24.4. The van der Waals surface area contributed by atoms with Crippen molar-refractivity contribution in [3.8, 4) is 0 Å². The molecule has 6 heteroatoms. The normalized spacial score (nSPS) is 12.9. The molecule has 0 aromatic carbocycles. The van der Waals surface area contributed by atoms with Crippen LogP contribution in [0.3, 0.4) is 0 Å². The predicted molar refractivity (Wildman–Crippen MR) is 269 cm³/mol. The Balaban J connectivity index is 3.50. The van der Waals surface area contributed by atoms with Gasteiger partial charge in [-0.15, -0.1) is 0 Å². The number of aliphatic hydroxyl groups is 2. The van der Waals surface area contributed by atoms with Crippen LogP contribution in [0.5, 0.6) is 0 Å². The second kappa shape index (κ2) is 51.7. The van der Waals surface area contributed by atoms with E-state index in [-0.39, 0.29) is 18.5 Å². The molecule has 0 aliphatic carbocycles. The van der Waals surface area contributed by atoms with Crippen molar-refractivity contribution in [3.63, 3.8) is 0 Å². The van der Waals surface area contributed by atoms with Crippen LogP contribution in [-0.4, -0.2) is 47.4 Å². The first kappa shape index (κ1) is 60.1. The van der Waals surface area contributed by atoms with Gasteiger partial charge in [-0.25, -0.2) is 0 Å². The molecule has 2 unspecified atom stereocenters. The monoisotopic (exact) mass is 872 g/mol. The zero-order valence-corrected chi connectivity index (χ0v) is 41.4. The molecule has 0 heterocycles. The van der Waals surface area contributed by atoms with Crippen molar-refractivity contribution in [1.82, 2.24) is 5.32 Å². The number of hydrogen-bond donors (Lipinski definition) is 3. The summed E-state index contributed by atoms with van der Waals surface area (Å²) in [7, 11) is 0. The molecule has 0 rings (SSSR count). The first-order valence-corrected chi connectivity index (χ1v) is 27.3. The Labute approximate surface area is 385 Å². The summed E-state index contributed by atoms with van der Waals surface area (Å²) in [5, 5.41) is 23.1. The van der Waals surface area contributed by atoms with E-state index in [1.807, 2.05) is 6.08 Å². The van der Waals surface area contributed by atoms with Gasteiger partial charge < -0.3 is 20.3 Å². The summed E-state index contributed by atoms with van der Waals surface area (Å²) in [6, 6.07) is -0.637. The molecule has 0 aliphatic heterocycles. The van der Waals surface area contributed by atoms with E-state index in [2.05, 4.69) is 43.5 Å². The molecule has 3 N–H and O–H groups in total. The summed E-state index contributed by atoms with van der Waals surface area (Å²) in [5.41, 5.74) is 0. The Bertz CT molecular complexity index is 1010. The number of allylic oxidation sites excluding steroid dienone is 5. The topological polar surface area (TPSA) is 95.9 Å². The van der Waals surface area contributed by atoms with Crippen LogP contribution in [0.15, 0.2) is 36.5 Å². The Morgan fingerprint density at radius 3 is 1.16 bits per heavy atom. The maximum atomic E-state index is 12.4. The quantitative estimate of drug-likeness (QED) is 0.0321. The van der Waals surface area contributed by atoms with E-state index in [4.69, 9.17) is 4.74 Å². The van der Waals surface area contributed by atoms with E-state index >= 15 is 0 Å². The maximum absolute atomic E-state index is 12.4. The minimum atomic E-state index is -0.852. The number of hydrogen-bond acceptors (Lipinski definition) is 5. The van der Waals surface area contributed by atoms with Crippen molar-refractivity contribution in [2.24, 2.45) is 0 Å². The molecule has 0 saturated heterocycles. The Kier molecular flexibility index (Phi) is 50.1. The highest BCUT2D eigenvalue weighted by Crippen LogP contribution is 2.15. The summed E-state index contributed by atoms with van der Waals surface area (Å²) >= 11 is 0. The third-order valence-electron chi connectivity index (χ3n) is 12.4. The molecule has 0 spiro atoms. The van der Waals surface area contributed by atoms with Crippen molar-refractivity contribution in [3.05, 3.63) is 36.5 Å². The lowest BCUT2D eigenvalue weighted by atomic mass is 10.0. The van der Waals surface area contributed by atoms with E-state index < -0.39 is 12.1 Å². The smallest absolute Gasteiger partial charge is 0.305 e. The largest absolute Gasteiger partial charge is 0.466 e. The molecule has 62 heavy (non-hydrogen) atoms.